The van der Waals surface area contributed by atoms with Crippen molar-refractivity contribution in [3.8, 4) is 0 Å². The van der Waals surface area contributed by atoms with Crippen LogP contribution in [0.4, 0.5) is 0 Å². The number of amides is 2. The maximum Gasteiger partial charge on any atom is 0.290 e. The Hall–Kier alpha value is -2.15. The zero-order valence-electron chi connectivity index (χ0n) is 13.4. The quantitative estimate of drug-likeness (QED) is 0.591. The van der Waals surface area contributed by atoms with E-state index in [2.05, 4.69) is 21.0 Å². The molecule has 0 saturated heterocycles. The second kappa shape index (κ2) is 6.39. The molecule has 1 saturated carbocycles. The Balaban J connectivity index is 1.36. The molecular weight excluding hydrogens is 324 g/mol. The second-order valence-electron chi connectivity index (χ2n) is 6.51. The molecule has 2 heterocycles. The number of aryl methyl sites for hydroxylation is 2. The lowest BCUT2D eigenvalue weighted by molar-refractivity contribution is 0.0846. The minimum absolute atomic E-state index is 0.264. The Bertz CT molecular complexity index is 752. The number of fused-ring (bicyclic) bond motifs is 1. The molecule has 2 amide bonds. The van der Waals surface area contributed by atoms with E-state index < -0.39 is 5.91 Å². The molecular formula is C17H20N4O2S. The van der Waals surface area contributed by atoms with Gasteiger partial charge >= 0.3 is 0 Å². The summed E-state index contributed by atoms with van der Waals surface area (Å²) < 4.78 is 0. The predicted octanol–water partition coefficient (Wildman–Crippen LogP) is 2.69. The van der Waals surface area contributed by atoms with Crippen molar-refractivity contribution in [1.82, 2.24) is 21.0 Å². The van der Waals surface area contributed by atoms with Gasteiger partial charge in [0.05, 0.1) is 4.88 Å². The van der Waals surface area contributed by atoms with Crippen LogP contribution in [-0.2, 0) is 12.8 Å². The lowest BCUT2D eigenvalue weighted by Gasteiger charge is -2.04. The summed E-state index contributed by atoms with van der Waals surface area (Å²) in [6.07, 6.45) is 8.01. The molecule has 0 bridgehead atoms. The van der Waals surface area contributed by atoms with Crippen molar-refractivity contribution in [2.45, 2.75) is 50.9 Å². The molecule has 0 atom stereocenters. The van der Waals surface area contributed by atoms with Crippen LogP contribution in [0.25, 0.3) is 0 Å². The summed E-state index contributed by atoms with van der Waals surface area (Å²) in [6, 6.07) is 3.72. The molecule has 2 aliphatic rings. The van der Waals surface area contributed by atoms with Gasteiger partial charge in [0.2, 0.25) is 0 Å². The molecule has 0 aliphatic heterocycles. The fourth-order valence-electron chi connectivity index (χ4n) is 3.07. The first-order valence-electron chi connectivity index (χ1n) is 8.48. The van der Waals surface area contributed by atoms with Crippen LogP contribution >= 0.6 is 11.3 Å². The van der Waals surface area contributed by atoms with Gasteiger partial charge in [0.1, 0.15) is 0 Å². The van der Waals surface area contributed by atoms with E-state index in [1.807, 2.05) is 6.07 Å². The first-order valence-corrected chi connectivity index (χ1v) is 9.30. The normalized spacial score (nSPS) is 17.0. The van der Waals surface area contributed by atoms with Crippen LogP contribution in [0.2, 0.25) is 0 Å². The first-order chi connectivity index (χ1) is 11.7. The average molecular weight is 344 g/mol. The van der Waals surface area contributed by atoms with Gasteiger partial charge in [0, 0.05) is 16.5 Å². The summed E-state index contributed by atoms with van der Waals surface area (Å²) in [4.78, 5) is 26.3. The van der Waals surface area contributed by atoms with Crippen LogP contribution in [0.1, 0.15) is 74.3 Å². The van der Waals surface area contributed by atoms with Gasteiger partial charge in [-0.3, -0.25) is 25.5 Å². The van der Waals surface area contributed by atoms with Crippen molar-refractivity contribution >= 4 is 23.2 Å². The Morgan fingerprint density at radius 2 is 1.88 bits per heavy atom. The highest BCUT2D eigenvalue weighted by Gasteiger charge is 2.26. The molecule has 4 rings (SSSR count). The van der Waals surface area contributed by atoms with Crippen molar-refractivity contribution in [2.75, 3.05) is 0 Å². The molecule has 2 aromatic rings. The Labute approximate surface area is 144 Å². The smallest absolute Gasteiger partial charge is 0.281 e. The molecule has 2 aromatic heterocycles. The molecule has 7 heteroatoms. The van der Waals surface area contributed by atoms with Crippen molar-refractivity contribution in [1.29, 1.82) is 0 Å². The molecule has 0 unspecified atom stereocenters. The molecule has 0 radical (unpaired) electrons. The third kappa shape index (κ3) is 3.21. The SMILES string of the molecule is O=C(NNC(=O)c1cc2c(s1)CCCCC2)c1cc(C2CC2)[nH]n1. The Kier molecular flexibility index (Phi) is 4.10. The predicted molar refractivity (Wildman–Crippen MR) is 91.1 cm³/mol. The van der Waals surface area contributed by atoms with Crippen LogP contribution in [0.15, 0.2) is 12.1 Å². The van der Waals surface area contributed by atoms with Gasteiger partial charge < -0.3 is 0 Å². The number of aromatic amines is 1. The summed E-state index contributed by atoms with van der Waals surface area (Å²) in [5.41, 5.74) is 7.53. The number of carbonyl (C=O) groups is 2. The molecule has 1 fully saturated rings. The fraction of sp³-hybridized carbons (Fsp3) is 0.471. The van der Waals surface area contributed by atoms with Gasteiger partial charge in [-0.2, -0.15) is 5.10 Å². The topological polar surface area (TPSA) is 86.9 Å². The van der Waals surface area contributed by atoms with Crippen molar-refractivity contribution in [3.05, 3.63) is 38.8 Å². The van der Waals surface area contributed by atoms with E-state index >= 15 is 0 Å². The van der Waals surface area contributed by atoms with Crippen LogP contribution in [0.3, 0.4) is 0 Å². The highest BCUT2D eigenvalue weighted by Crippen LogP contribution is 2.38. The number of nitrogens with zero attached hydrogens (tertiary/aromatic N) is 1. The van der Waals surface area contributed by atoms with Crippen molar-refractivity contribution in [2.24, 2.45) is 0 Å². The second-order valence-corrected chi connectivity index (χ2v) is 7.65. The van der Waals surface area contributed by atoms with Gasteiger partial charge in [-0.15, -0.1) is 11.3 Å². The van der Waals surface area contributed by atoms with Gasteiger partial charge in [-0.1, -0.05) is 6.42 Å². The average Bonchev–Trinajstić information content (AvgIpc) is 3.25. The molecule has 0 aromatic carbocycles. The van der Waals surface area contributed by atoms with Crippen LogP contribution < -0.4 is 10.9 Å². The summed E-state index contributed by atoms with van der Waals surface area (Å²) >= 11 is 1.54. The molecule has 6 nitrogen and oxygen atoms in total. The minimum Gasteiger partial charge on any atom is -0.281 e. The fourth-order valence-corrected chi connectivity index (χ4v) is 4.22. The lowest BCUT2D eigenvalue weighted by atomic mass is 10.1. The molecule has 3 N–H and O–H groups in total. The van der Waals surface area contributed by atoms with Crippen LogP contribution in [0, 0.1) is 0 Å². The number of hydrogen-bond acceptors (Lipinski definition) is 4. The van der Waals surface area contributed by atoms with E-state index in [0.717, 1.165) is 31.4 Å². The maximum atomic E-state index is 12.3. The summed E-state index contributed by atoms with van der Waals surface area (Å²) in [7, 11) is 0. The number of thiophene rings is 1. The summed E-state index contributed by atoms with van der Waals surface area (Å²) in [6.45, 7) is 0. The highest BCUT2D eigenvalue weighted by molar-refractivity contribution is 7.14. The van der Waals surface area contributed by atoms with E-state index in [1.54, 1.807) is 6.07 Å². The zero-order chi connectivity index (χ0) is 16.5. The lowest BCUT2D eigenvalue weighted by Crippen LogP contribution is -2.41. The summed E-state index contributed by atoms with van der Waals surface area (Å²) in [5, 5.41) is 6.89. The van der Waals surface area contributed by atoms with E-state index in [0.29, 0.717) is 16.5 Å². The molecule has 126 valence electrons. The third-order valence-corrected chi connectivity index (χ3v) is 5.84. The van der Waals surface area contributed by atoms with Gasteiger partial charge in [-0.25, -0.2) is 0 Å². The highest BCUT2D eigenvalue weighted by atomic mass is 32.1. The van der Waals surface area contributed by atoms with E-state index in [9.17, 15) is 9.59 Å². The number of rotatable bonds is 3. The summed E-state index contributed by atoms with van der Waals surface area (Å²) in [5.74, 6) is -0.154. The van der Waals surface area contributed by atoms with Crippen molar-refractivity contribution < 1.29 is 9.59 Å². The van der Waals surface area contributed by atoms with E-state index in [-0.39, 0.29) is 5.91 Å². The molecule has 24 heavy (non-hydrogen) atoms. The number of aromatic nitrogens is 2. The monoisotopic (exact) mass is 344 g/mol. The van der Waals surface area contributed by atoms with Gasteiger partial charge in [0.25, 0.3) is 11.8 Å². The molecule has 2 aliphatic carbocycles. The maximum absolute atomic E-state index is 12.3. The largest absolute Gasteiger partial charge is 0.290 e. The Morgan fingerprint density at radius 1 is 1.08 bits per heavy atom. The molecule has 0 spiro atoms. The van der Waals surface area contributed by atoms with Gasteiger partial charge in [-0.05, 0) is 56.2 Å². The number of hydrogen-bond donors (Lipinski definition) is 3. The number of nitrogens with one attached hydrogen (secondary N) is 3. The van der Waals surface area contributed by atoms with Crippen LogP contribution in [0.5, 0.6) is 0 Å². The number of hydrazine groups is 1. The number of carbonyl (C=O) groups excluding carboxylic acids is 2. The zero-order valence-corrected chi connectivity index (χ0v) is 14.2. The minimum atomic E-state index is -0.399. The van der Waals surface area contributed by atoms with Crippen LogP contribution in [-0.4, -0.2) is 22.0 Å². The Morgan fingerprint density at radius 3 is 2.71 bits per heavy atom. The standard InChI is InChI=1S/C17H20N4O2S/c22-16(13-9-12(18-19-13)10-6-7-10)20-21-17(23)15-8-11-4-2-1-3-5-14(11)24-15/h8-10H,1-7H2,(H,18,19)(H,20,22)(H,21,23). The third-order valence-electron chi connectivity index (χ3n) is 4.61. The van der Waals surface area contributed by atoms with E-state index in [4.69, 9.17) is 0 Å². The number of H-pyrrole nitrogens is 1. The van der Waals surface area contributed by atoms with Gasteiger partial charge in [0.15, 0.2) is 5.69 Å². The van der Waals surface area contributed by atoms with E-state index in [1.165, 1.54) is 41.0 Å². The van der Waals surface area contributed by atoms with Crippen molar-refractivity contribution in [3.63, 3.8) is 0 Å². The first kappa shape index (κ1) is 15.4.